The number of hydrogen-bond acceptors (Lipinski definition) is 2. The number of nitrogens with zero attached hydrogens (tertiary/aromatic N) is 1. The van der Waals surface area contributed by atoms with Gasteiger partial charge in [0.05, 0.1) is 17.5 Å². The molecule has 4 aromatic carbocycles. The minimum absolute atomic E-state index is 0.0412. The Morgan fingerprint density at radius 3 is 2.20 bits per heavy atom. The monoisotopic (exact) mass is 490 g/mol. The summed E-state index contributed by atoms with van der Waals surface area (Å²) in [5.74, 6) is -2.17. The number of nitrogens with two attached hydrogens (primary N) is 1. The first-order valence-electron chi connectivity index (χ1n) is 10.7. The zero-order chi connectivity index (χ0) is 25.3. The first-order valence-corrected chi connectivity index (χ1v) is 10.7. The molecule has 35 heavy (non-hydrogen) atoms. The van der Waals surface area contributed by atoms with Crippen molar-refractivity contribution in [1.82, 2.24) is 0 Å². The molecule has 0 spiro atoms. The summed E-state index contributed by atoms with van der Waals surface area (Å²) in [5, 5.41) is 10.8. The lowest BCUT2D eigenvalue weighted by atomic mass is 9.92. The van der Waals surface area contributed by atoms with Crippen LogP contribution in [0, 0.1) is 17.5 Å². The number of halogens is 6. The Kier molecular flexibility index (Phi) is 6.71. The van der Waals surface area contributed by atoms with Gasteiger partial charge in [-0.1, -0.05) is 18.2 Å². The van der Waals surface area contributed by atoms with Gasteiger partial charge in [-0.15, -0.1) is 0 Å². The molecule has 0 radical (unpaired) electrons. The molecule has 0 heterocycles. The van der Waals surface area contributed by atoms with Crippen molar-refractivity contribution >= 4 is 27.4 Å². The van der Waals surface area contributed by atoms with Crippen LogP contribution in [0.2, 0.25) is 0 Å². The van der Waals surface area contributed by atoms with Crippen molar-refractivity contribution in [2.45, 2.75) is 25.1 Å². The molecule has 0 fully saturated rings. The van der Waals surface area contributed by atoms with E-state index >= 15 is 0 Å². The average molecular weight is 490 g/mol. The minimum Gasteiger partial charge on any atom is -0.388 e. The van der Waals surface area contributed by atoms with Crippen molar-refractivity contribution in [2.75, 3.05) is 6.54 Å². The predicted octanol–water partition coefficient (Wildman–Crippen LogP) is 6.45. The topological polar surface area (TPSA) is 58.6 Å². The van der Waals surface area contributed by atoms with E-state index in [1.54, 1.807) is 12.1 Å². The molecule has 0 aliphatic heterocycles. The Labute approximate surface area is 196 Å². The molecule has 4 rings (SSSR count). The van der Waals surface area contributed by atoms with E-state index in [0.717, 1.165) is 23.8 Å². The third kappa shape index (κ3) is 5.40. The fourth-order valence-corrected chi connectivity index (χ4v) is 4.01. The van der Waals surface area contributed by atoms with E-state index in [4.69, 9.17) is 5.73 Å². The fourth-order valence-electron chi connectivity index (χ4n) is 4.01. The van der Waals surface area contributed by atoms with Crippen LogP contribution in [0.15, 0.2) is 65.7 Å². The maximum absolute atomic E-state index is 14.6. The van der Waals surface area contributed by atoms with Gasteiger partial charge >= 0.3 is 6.18 Å². The molecular weight excluding hydrogens is 470 g/mol. The van der Waals surface area contributed by atoms with E-state index < -0.39 is 29.5 Å². The number of benzene rings is 4. The molecule has 1 unspecified atom stereocenters. The van der Waals surface area contributed by atoms with Crippen LogP contribution in [0.3, 0.4) is 0 Å². The van der Waals surface area contributed by atoms with Gasteiger partial charge in [-0.05, 0) is 70.1 Å². The first kappa shape index (κ1) is 24.5. The molecule has 0 amide bonds. The van der Waals surface area contributed by atoms with E-state index in [-0.39, 0.29) is 51.7 Å². The quantitative estimate of drug-likeness (QED) is 0.141. The molecule has 9 heteroatoms. The second kappa shape index (κ2) is 9.58. The molecule has 1 atom stereocenters. The zero-order valence-corrected chi connectivity index (χ0v) is 18.2. The lowest BCUT2D eigenvalue weighted by Gasteiger charge is -2.18. The SMILES string of the molecule is NC(CC(O)c1cc2c(F)cc(F)cc2c2cc(C(F)(F)F)ccc12)=NCCc1ccc(F)cc1. The van der Waals surface area contributed by atoms with Gasteiger partial charge in [-0.2, -0.15) is 13.2 Å². The molecule has 0 saturated carbocycles. The van der Waals surface area contributed by atoms with E-state index in [9.17, 15) is 31.4 Å². The smallest absolute Gasteiger partial charge is 0.388 e. The molecular formula is C26H20F6N2O. The third-order valence-corrected chi connectivity index (χ3v) is 5.73. The van der Waals surface area contributed by atoms with Crippen LogP contribution in [0.1, 0.15) is 29.2 Å². The van der Waals surface area contributed by atoms with Gasteiger partial charge in [0.15, 0.2) is 0 Å². The molecule has 0 saturated heterocycles. The van der Waals surface area contributed by atoms with E-state index in [1.807, 2.05) is 0 Å². The second-order valence-electron chi connectivity index (χ2n) is 8.18. The number of amidine groups is 1. The standard InChI is InChI=1S/C26H20F6N2O/c27-16-4-1-14(2-5-16)7-8-34-25(33)13-24(35)22-12-21-20(10-17(28)11-23(21)29)19-9-15(26(30,31)32)3-6-18(19)22/h1-6,9-12,24,35H,7-8,13H2,(H2,33,34). The summed E-state index contributed by atoms with van der Waals surface area (Å²) >= 11 is 0. The van der Waals surface area contributed by atoms with Crippen molar-refractivity contribution in [3.8, 4) is 0 Å². The van der Waals surface area contributed by atoms with Crippen molar-refractivity contribution < 1.29 is 31.4 Å². The van der Waals surface area contributed by atoms with Gasteiger partial charge in [0.25, 0.3) is 0 Å². The molecule has 0 aliphatic rings. The second-order valence-corrected chi connectivity index (χ2v) is 8.18. The van der Waals surface area contributed by atoms with Crippen LogP contribution in [-0.2, 0) is 12.6 Å². The van der Waals surface area contributed by atoms with Gasteiger partial charge in [0.1, 0.15) is 17.5 Å². The number of aliphatic hydroxyl groups is 1. The van der Waals surface area contributed by atoms with Gasteiger partial charge in [0, 0.05) is 24.4 Å². The van der Waals surface area contributed by atoms with Crippen LogP contribution < -0.4 is 5.73 Å². The molecule has 0 bridgehead atoms. The van der Waals surface area contributed by atoms with Crippen LogP contribution in [0.5, 0.6) is 0 Å². The van der Waals surface area contributed by atoms with Crippen molar-refractivity contribution in [2.24, 2.45) is 10.7 Å². The maximum atomic E-state index is 14.6. The lowest BCUT2D eigenvalue weighted by Crippen LogP contribution is -2.17. The summed E-state index contributed by atoms with van der Waals surface area (Å²) in [6.07, 6.45) is -5.65. The van der Waals surface area contributed by atoms with Gasteiger partial charge in [-0.25, -0.2) is 13.2 Å². The van der Waals surface area contributed by atoms with Crippen molar-refractivity contribution in [3.63, 3.8) is 0 Å². The highest BCUT2D eigenvalue weighted by atomic mass is 19.4. The van der Waals surface area contributed by atoms with Gasteiger partial charge < -0.3 is 10.8 Å². The van der Waals surface area contributed by atoms with Crippen molar-refractivity contribution in [3.05, 3.63) is 94.8 Å². The predicted molar refractivity (Wildman–Crippen MR) is 123 cm³/mol. The Hall–Kier alpha value is -3.59. The number of hydrogen-bond donors (Lipinski definition) is 2. The van der Waals surface area contributed by atoms with Crippen LogP contribution in [-0.4, -0.2) is 17.5 Å². The van der Waals surface area contributed by atoms with Crippen LogP contribution in [0.25, 0.3) is 21.5 Å². The Balaban J connectivity index is 1.68. The lowest BCUT2D eigenvalue weighted by molar-refractivity contribution is -0.137. The molecule has 4 aromatic rings. The number of fused-ring (bicyclic) bond motifs is 3. The summed E-state index contributed by atoms with van der Waals surface area (Å²) in [4.78, 5) is 4.19. The van der Waals surface area contributed by atoms with Crippen molar-refractivity contribution in [1.29, 1.82) is 0 Å². The van der Waals surface area contributed by atoms with Crippen LogP contribution in [0.4, 0.5) is 26.3 Å². The van der Waals surface area contributed by atoms with Gasteiger partial charge in [-0.3, -0.25) is 4.99 Å². The summed E-state index contributed by atoms with van der Waals surface area (Å²) < 4.78 is 81.4. The molecule has 0 aliphatic carbocycles. The average Bonchev–Trinajstić information content (AvgIpc) is 2.79. The number of rotatable bonds is 6. The summed E-state index contributed by atoms with van der Waals surface area (Å²) in [5.41, 5.74) is 5.95. The normalized spacial score (nSPS) is 13.5. The molecule has 182 valence electrons. The summed E-state index contributed by atoms with van der Waals surface area (Å²) in [6, 6.07) is 11.6. The van der Waals surface area contributed by atoms with Gasteiger partial charge in [0.2, 0.25) is 0 Å². The minimum atomic E-state index is -4.66. The fraction of sp³-hybridized carbons (Fsp3) is 0.192. The Morgan fingerprint density at radius 2 is 1.51 bits per heavy atom. The summed E-state index contributed by atoms with van der Waals surface area (Å²) in [6.45, 7) is 0.269. The maximum Gasteiger partial charge on any atom is 0.416 e. The highest BCUT2D eigenvalue weighted by Gasteiger charge is 2.31. The number of aliphatic hydroxyl groups excluding tert-OH is 1. The highest BCUT2D eigenvalue weighted by Crippen LogP contribution is 2.38. The zero-order valence-electron chi connectivity index (χ0n) is 18.2. The molecule has 3 N–H and O–H groups in total. The summed E-state index contributed by atoms with van der Waals surface area (Å²) in [7, 11) is 0. The largest absolute Gasteiger partial charge is 0.416 e. The third-order valence-electron chi connectivity index (χ3n) is 5.73. The highest BCUT2D eigenvalue weighted by molar-refractivity contribution is 6.09. The molecule has 0 aromatic heterocycles. The van der Waals surface area contributed by atoms with E-state index in [2.05, 4.69) is 4.99 Å². The number of alkyl halides is 3. The van der Waals surface area contributed by atoms with E-state index in [1.165, 1.54) is 24.3 Å². The number of aliphatic imine (C=N–C) groups is 1. The molecule has 3 nitrogen and oxygen atoms in total. The van der Waals surface area contributed by atoms with Crippen LogP contribution >= 0.6 is 0 Å². The first-order chi connectivity index (χ1) is 16.5. The van der Waals surface area contributed by atoms with E-state index in [0.29, 0.717) is 12.5 Å². The Bertz CT molecular complexity index is 1410. The Morgan fingerprint density at radius 1 is 0.829 bits per heavy atom.